The minimum Gasteiger partial charge on any atom is -0.266 e. The Balaban J connectivity index is 1.96. The third-order valence-corrected chi connectivity index (χ3v) is 2.91. The average Bonchev–Trinajstić information content (AvgIpc) is 2.87. The van der Waals surface area contributed by atoms with Gasteiger partial charge in [0.15, 0.2) is 11.0 Å². The normalized spacial score (nSPS) is 10.9. The van der Waals surface area contributed by atoms with Crippen LogP contribution in [0.2, 0.25) is 0 Å². The van der Waals surface area contributed by atoms with Gasteiger partial charge < -0.3 is 0 Å². The number of benzene rings is 1. The molecule has 96 valence electrons. The molecule has 0 aliphatic heterocycles. The van der Waals surface area contributed by atoms with E-state index in [0.717, 1.165) is 5.56 Å². The van der Waals surface area contributed by atoms with Gasteiger partial charge in [-0.1, -0.05) is 35.5 Å². The highest BCUT2D eigenvalue weighted by atomic mass is 16.1. The number of rotatable bonds is 3. The fraction of sp³-hybridized carbons (Fsp3) is 0.167. The molecule has 0 spiro atoms. The van der Waals surface area contributed by atoms with Crippen molar-refractivity contribution in [3.63, 3.8) is 0 Å². The minimum absolute atomic E-state index is 0.0665. The summed E-state index contributed by atoms with van der Waals surface area (Å²) < 4.78 is 1.45. The third kappa shape index (κ3) is 2.05. The maximum Gasteiger partial charge on any atom is 0.292 e. The monoisotopic (exact) mass is 257 g/mol. The van der Waals surface area contributed by atoms with Crippen molar-refractivity contribution in [2.75, 3.05) is 0 Å². The molecule has 0 bridgehead atoms. The number of aromatic amines is 2. The summed E-state index contributed by atoms with van der Waals surface area (Å²) >= 11 is 0. The summed E-state index contributed by atoms with van der Waals surface area (Å²) in [5, 5.41) is 12.1. The summed E-state index contributed by atoms with van der Waals surface area (Å²) in [5.74, 6) is 0. The van der Waals surface area contributed by atoms with Gasteiger partial charge in [0.25, 0.3) is 11.1 Å². The molecule has 2 N–H and O–H groups in total. The minimum atomic E-state index is -0.444. The zero-order valence-electron chi connectivity index (χ0n) is 9.96. The molecule has 0 aliphatic carbocycles. The van der Waals surface area contributed by atoms with Crippen molar-refractivity contribution in [3.8, 4) is 0 Å². The lowest BCUT2D eigenvalue weighted by atomic mass is 10.1. The molecule has 0 saturated carbocycles. The number of nitrogens with zero attached hydrogens (tertiary/aromatic N) is 3. The molecule has 0 unspecified atom stereocenters. The van der Waals surface area contributed by atoms with Crippen LogP contribution in [0.15, 0.2) is 39.9 Å². The fourth-order valence-corrected chi connectivity index (χ4v) is 1.96. The Kier molecular flexibility index (Phi) is 2.71. The van der Waals surface area contributed by atoms with Crippen molar-refractivity contribution in [2.45, 2.75) is 13.0 Å². The second-order valence-corrected chi connectivity index (χ2v) is 4.15. The number of aromatic nitrogens is 5. The highest BCUT2D eigenvalue weighted by Crippen LogP contribution is 2.04. The predicted molar refractivity (Wildman–Crippen MR) is 68.9 cm³/mol. The molecule has 0 saturated heterocycles. The Hall–Kier alpha value is -2.70. The van der Waals surface area contributed by atoms with Crippen LogP contribution >= 0.6 is 0 Å². The van der Waals surface area contributed by atoms with Crippen LogP contribution in [0.5, 0.6) is 0 Å². The van der Waals surface area contributed by atoms with Crippen LogP contribution in [0.1, 0.15) is 5.56 Å². The number of aryl methyl sites for hydroxylation is 2. The van der Waals surface area contributed by atoms with Crippen molar-refractivity contribution in [3.05, 3.63) is 56.6 Å². The number of nitrogens with one attached hydrogen (secondary N) is 2. The summed E-state index contributed by atoms with van der Waals surface area (Å²) in [6.07, 6.45) is 0.714. The average molecular weight is 257 g/mol. The van der Waals surface area contributed by atoms with Crippen LogP contribution in [-0.2, 0) is 13.0 Å². The fourth-order valence-electron chi connectivity index (χ4n) is 1.96. The first-order valence-electron chi connectivity index (χ1n) is 5.84. The van der Waals surface area contributed by atoms with E-state index in [2.05, 4.69) is 20.5 Å². The lowest BCUT2D eigenvalue weighted by Gasteiger charge is -2.01. The highest BCUT2D eigenvalue weighted by molar-refractivity contribution is 5.71. The zero-order chi connectivity index (χ0) is 13.2. The number of H-pyrrole nitrogens is 2. The first-order valence-corrected chi connectivity index (χ1v) is 5.84. The first kappa shape index (κ1) is 11.4. The van der Waals surface area contributed by atoms with Crippen LogP contribution in [-0.4, -0.2) is 25.2 Å². The molecule has 3 aromatic rings. The van der Waals surface area contributed by atoms with Gasteiger partial charge in [0.05, 0.1) is 0 Å². The van der Waals surface area contributed by atoms with Crippen molar-refractivity contribution >= 4 is 11.0 Å². The van der Waals surface area contributed by atoms with Gasteiger partial charge >= 0.3 is 0 Å². The van der Waals surface area contributed by atoms with Crippen LogP contribution in [0, 0.1) is 0 Å². The Morgan fingerprint density at radius 3 is 2.58 bits per heavy atom. The summed E-state index contributed by atoms with van der Waals surface area (Å²) in [6, 6.07) is 9.84. The maximum absolute atomic E-state index is 11.7. The van der Waals surface area contributed by atoms with Crippen LogP contribution in [0.3, 0.4) is 0 Å². The quantitative estimate of drug-likeness (QED) is 0.693. The van der Waals surface area contributed by atoms with Crippen LogP contribution in [0.4, 0.5) is 0 Å². The zero-order valence-corrected chi connectivity index (χ0v) is 9.96. The Labute approximate surface area is 106 Å². The van der Waals surface area contributed by atoms with Crippen molar-refractivity contribution in [2.24, 2.45) is 0 Å². The molecule has 0 aliphatic rings. The standard InChI is InChI=1S/C12H11N5O2/c18-11-9-10(12(19)15-14-11)17(16-13-9)7-6-8-4-2-1-3-5-8/h1-5H,6-7H2,(H,14,18)(H,15,19). The Bertz CT molecular complexity index is 815. The smallest absolute Gasteiger partial charge is 0.266 e. The largest absolute Gasteiger partial charge is 0.292 e. The van der Waals surface area contributed by atoms with E-state index >= 15 is 0 Å². The first-order chi connectivity index (χ1) is 9.25. The molecule has 7 nitrogen and oxygen atoms in total. The number of hydrogen-bond donors (Lipinski definition) is 2. The van der Waals surface area contributed by atoms with Crippen molar-refractivity contribution < 1.29 is 0 Å². The van der Waals surface area contributed by atoms with Gasteiger partial charge in [0.2, 0.25) is 0 Å². The molecule has 0 radical (unpaired) electrons. The summed E-state index contributed by atoms with van der Waals surface area (Å²) in [6.45, 7) is 0.493. The van der Waals surface area contributed by atoms with Gasteiger partial charge in [0.1, 0.15) is 0 Å². The predicted octanol–water partition coefficient (Wildman–Crippen LogP) is 0.0506. The SMILES string of the molecule is O=c1[nH][nH]c(=O)c2c1nnn2CCc1ccccc1. The van der Waals surface area contributed by atoms with E-state index in [0.29, 0.717) is 13.0 Å². The second-order valence-electron chi connectivity index (χ2n) is 4.15. The van der Waals surface area contributed by atoms with Gasteiger partial charge in [-0.25, -0.2) is 4.68 Å². The molecule has 19 heavy (non-hydrogen) atoms. The lowest BCUT2D eigenvalue weighted by molar-refractivity contribution is 0.604. The van der Waals surface area contributed by atoms with Crippen LogP contribution < -0.4 is 11.1 Å². The van der Waals surface area contributed by atoms with E-state index < -0.39 is 11.1 Å². The summed E-state index contributed by atoms with van der Waals surface area (Å²) in [4.78, 5) is 23.2. The summed E-state index contributed by atoms with van der Waals surface area (Å²) in [5.41, 5.74) is 0.567. The van der Waals surface area contributed by atoms with E-state index in [4.69, 9.17) is 0 Å². The van der Waals surface area contributed by atoms with Gasteiger partial charge in [-0.15, -0.1) is 5.10 Å². The molecule has 2 aromatic heterocycles. The van der Waals surface area contributed by atoms with Gasteiger partial charge in [0, 0.05) is 6.54 Å². The molecular weight excluding hydrogens is 246 g/mol. The molecule has 0 fully saturated rings. The molecule has 0 amide bonds. The number of hydrogen-bond acceptors (Lipinski definition) is 4. The Morgan fingerprint density at radius 2 is 1.79 bits per heavy atom. The Morgan fingerprint density at radius 1 is 1.05 bits per heavy atom. The molecule has 1 aromatic carbocycles. The molecule has 3 rings (SSSR count). The topological polar surface area (TPSA) is 96.4 Å². The second kappa shape index (κ2) is 4.52. The highest BCUT2D eigenvalue weighted by Gasteiger charge is 2.11. The molecule has 2 heterocycles. The molecule has 0 atom stereocenters. The van der Waals surface area contributed by atoms with Crippen molar-refractivity contribution in [1.82, 2.24) is 25.2 Å². The van der Waals surface area contributed by atoms with E-state index in [-0.39, 0.29) is 11.0 Å². The summed E-state index contributed by atoms with van der Waals surface area (Å²) in [7, 11) is 0. The van der Waals surface area contributed by atoms with E-state index in [9.17, 15) is 9.59 Å². The molecule has 7 heteroatoms. The van der Waals surface area contributed by atoms with Crippen LogP contribution in [0.25, 0.3) is 11.0 Å². The van der Waals surface area contributed by atoms with Crippen molar-refractivity contribution in [1.29, 1.82) is 0 Å². The van der Waals surface area contributed by atoms with E-state index in [1.54, 1.807) is 0 Å². The lowest BCUT2D eigenvalue weighted by Crippen LogP contribution is -2.21. The van der Waals surface area contributed by atoms with E-state index in [1.165, 1.54) is 4.68 Å². The number of fused-ring (bicyclic) bond motifs is 1. The maximum atomic E-state index is 11.7. The van der Waals surface area contributed by atoms with Gasteiger partial charge in [-0.05, 0) is 12.0 Å². The van der Waals surface area contributed by atoms with E-state index in [1.807, 2.05) is 30.3 Å². The van der Waals surface area contributed by atoms with Gasteiger partial charge in [-0.2, -0.15) is 0 Å². The molecular formula is C12H11N5O2. The third-order valence-electron chi connectivity index (χ3n) is 2.91. The van der Waals surface area contributed by atoms with Gasteiger partial charge in [-0.3, -0.25) is 19.8 Å².